The molecule has 1 spiro atoms. The van der Waals surface area contributed by atoms with Crippen LogP contribution in [0.5, 0.6) is 5.75 Å². The zero-order chi connectivity index (χ0) is 17.7. The highest BCUT2D eigenvalue weighted by Crippen LogP contribution is 2.58. The van der Waals surface area contributed by atoms with Gasteiger partial charge in [0.15, 0.2) is 0 Å². The molecule has 2 fully saturated rings. The number of halogens is 2. The molecule has 1 aromatic rings. The maximum atomic E-state index is 12.5. The van der Waals surface area contributed by atoms with Crippen LogP contribution in [0.2, 0.25) is 0 Å². The minimum atomic E-state index is 0. The van der Waals surface area contributed by atoms with Crippen LogP contribution >= 0.6 is 24.8 Å². The minimum Gasteiger partial charge on any atom is -0.492 e. The van der Waals surface area contributed by atoms with Crippen LogP contribution in [0.1, 0.15) is 33.1 Å². The number of ether oxygens (including phenoxy) is 1. The Morgan fingerprint density at radius 1 is 1.19 bits per heavy atom. The van der Waals surface area contributed by atoms with Crippen molar-refractivity contribution in [3.63, 3.8) is 0 Å². The number of benzene rings is 1. The lowest BCUT2D eigenvalue weighted by molar-refractivity contribution is -0.118. The van der Waals surface area contributed by atoms with E-state index in [1.807, 2.05) is 24.3 Å². The van der Waals surface area contributed by atoms with Crippen molar-refractivity contribution in [3.05, 3.63) is 24.3 Å². The summed E-state index contributed by atoms with van der Waals surface area (Å²) < 4.78 is 5.79. The van der Waals surface area contributed by atoms with Crippen LogP contribution in [-0.2, 0) is 4.79 Å². The Balaban J connectivity index is 0.00000182. The summed E-state index contributed by atoms with van der Waals surface area (Å²) in [7, 11) is 0. The van der Waals surface area contributed by atoms with Crippen LogP contribution < -0.4 is 15.4 Å². The minimum absolute atomic E-state index is 0. The van der Waals surface area contributed by atoms with Gasteiger partial charge in [0.25, 0.3) is 0 Å². The van der Waals surface area contributed by atoms with Gasteiger partial charge in [-0.25, -0.2) is 0 Å². The van der Waals surface area contributed by atoms with Gasteiger partial charge >= 0.3 is 0 Å². The molecule has 3 rings (SSSR count). The maximum Gasteiger partial charge on any atom is 0.228 e. The molecule has 0 aromatic heterocycles. The van der Waals surface area contributed by atoms with E-state index in [0.717, 1.165) is 63.4 Å². The summed E-state index contributed by atoms with van der Waals surface area (Å²) in [5.74, 6) is 1.23. The second kappa shape index (κ2) is 11.1. The van der Waals surface area contributed by atoms with Gasteiger partial charge in [-0.15, -0.1) is 24.8 Å². The third kappa shape index (κ3) is 6.24. The van der Waals surface area contributed by atoms with E-state index in [1.54, 1.807) is 0 Å². The van der Waals surface area contributed by atoms with Gasteiger partial charge in [-0.05, 0) is 75.1 Å². The smallest absolute Gasteiger partial charge is 0.228 e. The molecular weight excluding hydrogens is 385 g/mol. The Morgan fingerprint density at radius 2 is 1.81 bits per heavy atom. The molecule has 1 saturated carbocycles. The van der Waals surface area contributed by atoms with E-state index in [-0.39, 0.29) is 42.1 Å². The van der Waals surface area contributed by atoms with E-state index in [1.165, 1.54) is 0 Å². The summed E-state index contributed by atoms with van der Waals surface area (Å²) in [5.41, 5.74) is 1.14. The number of piperidine rings is 1. The topological polar surface area (TPSA) is 53.6 Å². The Morgan fingerprint density at radius 3 is 2.41 bits per heavy atom. The number of hydrogen-bond donors (Lipinski definition) is 2. The van der Waals surface area contributed by atoms with Gasteiger partial charge in [-0.3, -0.25) is 4.79 Å². The van der Waals surface area contributed by atoms with Gasteiger partial charge in [0.05, 0.1) is 0 Å². The van der Waals surface area contributed by atoms with Gasteiger partial charge in [0.1, 0.15) is 12.4 Å². The molecule has 154 valence electrons. The molecule has 1 heterocycles. The average molecular weight is 418 g/mol. The summed E-state index contributed by atoms with van der Waals surface area (Å²) in [6, 6.07) is 7.74. The van der Waals surface area contributed by atoms with Gasteiger partial charge in [0.2, 0.25) is 5.91 Å². The Hall–Kier alpha value is -1.01. The molecule has 5 nitrogen and oxygen atoms in total. The second-order valence-electron chi connectivity index (χ2n) is 7.26. The van der Waals surface area contributed by atoms with E-state index in [9.17, 15) is 4.79 Å². The number of carbonyl (C=O) groups is 1. The normalized spacial score (nSPS) is 19.7. The van der Waals surface area contributed by atoms with Crippen molar-refractivity contribution in [2.45, 2.75) is 33.1 Å². The molecule has 1 aliphatic heterocycles. The Kier molecular flexibility index (Phi) is 9.88. The summed E-state index contributed by atoms with van der Waals surface area (Å²) in [6.45, 7) is 10.1. The molecule has 1 aliphatic carbocycles. The second-order valence-corrected chi connectivity index (χ2v) is 7.26. The molecule has 1 unspecified atom stereocenters. The highest BCUT2D eigenvalue weighted by Gasteiger charge is 2.57. The molecule has 0 radical (unpaired) electrons. The number of carbonyl (C=O) groups excluding carboxylic acids is 1. The first-order chi connectivity index (χ1) is 12.2. The molecule has 7 heteroatoms. The van der Waals surface area contributed by atoms with E-state index >= 15 is 0 Å². The molecule has 2 N–H and O–H groups in total. The average Bonchev–Trinajstić information content (AvgIpc) is 3.34. The van der Waals surface area contributed by atoms with E-state index in [2.05, 4.69) is 29.4 Å². The van der Waals surface area contributed by atoms with Crippen LogP contribution in [0.4, 0.5) is 5.69 Å². The maximum absolute atomic E-state index is 12.5. The first kappa shape index (κ1) is 24.0. The van der Waals surface area contributed by atoms with E-state index in [4.69, 9.17) is 4.74 Å². The number of amides is 1. The number of hydrogen-bond acceptors (Lipinski definition) is 4. The standard InChI is InChI=1S/C20H31N3O2.2ClH/c1-3-23(4-2)13-14-25-17-7-5-16(6-8-17)22-19(24)18-15-20(18)9-11-21-12-10-20;;/h5-8,18,21H,3-4,9-15H2,1-2H3,(H,22,24);2*1H. The summed E-state index contributed by atoms with van der Waals surface area (Å²) >= 11 is 0. The summed E-state index contributed by atoms with van der Waals surface area (Å²) in [4.78, 5) is 14.8. The predicted molar refractivity (Wildman–Crippen MR) is 115 cm³/mol. The van der Waals surface area contributed by atoms with E-state index < -0.39 is 0 Å². The fraction of sp³-hybridized carbons (Fsp3) is 0.650. The molecule has 1 aromatic carbocycles. The molecule has 1 amide bonds. The number of anilines is 1. The molecule has 1 atom stereocenters. The highest BCUT2D eigenvalue weighted by atomic mass is 35.5. The molecule has 27 heavy (non-hydrogen) atoms. The summed E-state index contributed by atoms with van der Waals surface area (Å²) in [5, 5.41) is 6.45. The van der Waals surface area contributed by atoms with Crippen LogP contribution in [0, 0.1) is 11.3 Å². The summed E-state index contributed by atoms with van der Waals surface area (Å²) in [6.07, 6.45) is 3.31. The number of nitrogens with zero attached hydrogens (tertiary/aromatic N) is 1. The third-order valence-corrected chi connectivity index (χ3v) is 5.80. The van der Waals surface area contributed by atoms with Crippen LogP contribution in [-0.4, -0.2) is 50.1 Å². The lowest BCUT2D eigenvalue weighted by Gasteiger charge is -2.23. The van der Waals surface area contributed by atoms with Crippen molar-refractivity contribution in [3.8, 4) is 5.75 Å². The van der Waals surface area contributed by atoms with Crippen LogP contribution in [0.25, 0.3) is 0 Å². The monoisotopic (exact) mass is 417 g/mol. The van der Waals surface area contributed by atoms with Crippen molar-refractivity contribution < 1.29 is 9.53 Å². The third-order valence-electron chi connectivity index (χ3n) is 5.80. The van der Waals surface area contributed by atoms with Gasteiger partial charge < -0.3 is 20.3 Å². The zero-order valence-corrected chi connectivity index (χ0v) is 18.0. The number of nitrogens with one attached hydrogen (secondary N) is 2. The van der Waals surface area contributed by atoms with Crippen molar-refractivity contribution in [1.29, 1.82) is 0 Å². The number of rotatable bonds is 8. The Labute approximate surface area is 175 Å². The van der Waals surface area contributed by atoms with Crippen LogP contribution in [0.3, 0.4) is 0 Å². The molecule has 0 bridgehead atoms. The first-order valence-corrected chi connectivity index (χ1v) is 9.63. The lowest BCUT2D eigenvalue weighted by Crippen LogP contribution is -2.31. The van der Waals surface area contributed by atoms with Crippen LogP contribution in [0.15, 0.2) is 24.3 Å². The molecule has 1 saturated heterocycles. The zero-order valence-electron chi connectivity index (χ0n) is 16.3. The molecule has 2 aliphatic rings. The van der Waals surface area contributed by atoms with E-state index in [0.29, 0.717) is 6.61 Å². The number of likely N-dealkylation sites (N-methyl/N-ethyl adjacent to an activating group) is 1. The highest BCUT2D eigenvalue weighted by molar-refractivity contribution is 5.95. The van der Waals surface area contributed by atoms with Crippen molar-refractivity contribution >= 4 is 36.4 Å². The largest absolute Gasteiger partial charge is 0.492 e. The molecular formula is C20H33Cl2N3O2. The lowest BCUT2D eigenvalue weighted by atomic mass is 9.92. The van der Waals surface area contributed by atoms with Crippen molar-refractivity contribution in [2.24, 2.45) is 11.3 Å². The Bertz CT molecular complexity index is 573. The van der Waals surface area contributed by atoms with Crippen molar-refractivity contribution in [2.75, 3.05) is 44.6 Å². The van der Waals surface area contributed by atoms with Gasteiger partial charge in [0, 0.05) is 18.2 Å². The van der Waals surface area contributed by atoms with Gasteiger partial charge in [-0.2, -0.15) is 0 Å². The van der Waals surface area contributed by atoms with Crippen molar-refractivity contribution in [1.82, 2.24) is 10.2 Å². The fourth-order valence-electron chi connectivity index (χ4n) is 3.89. The predicted octanol–water partition coefficient (Wildman–Crippen LogP) is 3.58. The van der Waals surface area contributed by atoms with Gasteiger partial charge in [-0.1, -0.05) is 13.8 Å². The fourth-order valence-corrected chi connectivity index (χ4v) is 3.89. The quantitative estimate of drug-likeness (QED) is 0.678. The first-order valence-electron chi connectivity index (χ1n) is 9.63. The SMILES string of the molecule is CCN(CC)CCOc1ccc(NC(=O)C2CC23CCNCC3)cc1.Cl.Cl.